The fourth-order valence-corrected chi connectivity index (χ4v) is 6.39. The quantitative estimate of drug-likeness (QED) is 0.315. The third-order valence-electron chi connectivity index (χ3n) is 8.99. The van der Waals surface area contributed by atoms with E-state index in [0.717, 1.165) is 35.2 Å². The molecule has 240 valence electrons. The number of carbonyl (C=O) groups is 5. The lowest BCUT2D eigenvalue weighted by Gasteiger charge is -2.40. The molecule has 47 heavy (non-hydrogen) atoms. The minimum Gasteiger partial charge on any atom is -0.369 e. The van der Waals surface area contributed by atoms with Gasteiger partial charge in [-0.3, -0.25) is 38.9 Å². The first-order valence-electron chi connectivity index (χ1n) is 14.7. The third kappa shape index (κ3) is 5.20. The zero-order valence-electron chi connectivity index (χ0n) is 24.4. The van der Waals surface area contributed by atoms with Crippen LogP contribution in [-0.4, -0.2) is 63.3 Å². The minimum atomic E-state index is -4.56. The number of anilines is 2. The zero-order valence-corrected chi connectivity index (χ0v) is 25.1. The molecule has 5 amide bonds. The molecule has 7 rings (SSSR count). The van der Waals surface area contributed by atoms with Gasteiger partial charge in [0.2, 0.25) is 11.8 Å². The maximum atomic E-state index is 13.3. The lowest BCUT2D eigenvalue weighted by molar-refractivity contribution is -0.137. The molecule has 3 aliphatic heterocycles. The average Bonchev–Trinajstić information content (AvgIpc) is 3.63. The molecule has 1 saturated carbocycles. The van der Waals surface area contributed by atoms with E-state index in [1.165, 1.54) is 4.68 Å². The van der Waals surface area contributed by atoms with Crippen molar-refractivity contribution in [1.82, 2.24) is 20.0 Å². The van der Waals surface area contributed by atoms with Crippen LogP contribution in [0.15, 0.2) is 48.8 Å². The molecule has 0 spiro atoms. The number of imide groups is 2. The Hall–Kier alpha value is -5.16. The predicted molar refractivity (Wildman–Crippen MR) is 160 cm³/mol. The van der Waals surface area contributed by atoms with Crippen LogP contribution in [0.4, 0.5) is 24.5 Å². The summed E-state index contributed by atoms with van der Waals surface area (Å²) in [6, 6.07) is 6.49. The Morgan fingerprint density at radius 3 is 2.43 bits per heavy atom. The number of alkyl halides is 3. The normalized spacial score (nSPS) is 20.3. The van der Waals surface area contributed by atoms with Crippen LogP contribution >= 0.6 is 11.6 Å². The highest BCUT2D eigenvalue weighted by atomic mass is 35.5. The highest BCUT2D eigenvalue weighted by Gasteiger charge is 2.48. The van der Waals surface area contributed by atoms with Crippen LogP contribution in [0.1, 0.15) is 57.5 Å². The van der Waals surface area contributed by atoms with Gasteiger partial charge in [-0.25, -0.2) is 0 Å². The third-order valence-corrected chi connectivity index (χ3v) is 9.31. The molecular formula is C32H24ClF3N6O5. The first-order chi connectivity index (χ1) is 22.3. The molecule has 2 aromatic carbocycles. The number of fused-ring (bicyclic) bond motifs is 1. The summed E-state index contributed by atoms with van der Waals surface area (Å²) in [6.45, 7) is 1.12. The number of halogens is 4. The van der Waals surface area contributed by atoms with Crippen molar-refractivity contribution >= 4 is 52.5 Å². The Balaban J connectivity index is 0.988. The van der Waals surface area contributed by atoms with Crippen LogP contribution < -0.4 is 15.5 Å². The fraction of sp³-hybridized carbons (Fsp3) is 0.312. The second kappa shape index (κ2) is 11.0. The van der Waals surface area contributed by atoms with Crippen LogP contribution in [0, 0.1) is 17.8 Å². The molecule has 2 saturated heterocycles. The molecule has 11 nitrogen and oxygen atoms in total. The number of nitrogens with zero attached hydrogens (tertiary/aromatic N) is 4. The van der Waals surface area contributed by atoms with Gasteiger partial charge in [0.05, 0.1) is 51.5 Å². The molecule has 0 bridgehead atoms. The van der Waals surface area contributed by atoms with Crippen molar-refractivity contribution in [3.63, 3.8) is 0 Å². The lowest BCUT2D eigenvalue weighted by atomic mass is 9.76. The van der Waals surface area contributed by atoms with Gasteiger partial charge >= 0.3 is 6.18 Å². The second-order valence-electron chi connectivity index (χ2n) is 11.9. The van der Waals surface area contributed by atoms with E-state index in [4.69, 9.17) is 11.6 Å². The van der Waals surface area contributed by atoms with E-state index in [0.29, 0.717) is 31.5 Å². The monoisotopic (exact) mass is 664 g/mol. The molecule has 4 aliphatic rings. The van der Waals surface area contributed by atoms with Gasteiger partial charge in [0.25, 0.3) is 17.7 Å². The molecular weight excluding hydrogens is 641 g/mol. The largest absolute Gasteiger partial charge is 0.416 e. The van der Waals surface area contributed by atoms with E-state index in [1.807, 2.05) is 4.90 Å². The Morgan fingerprint density at radius 1 is 1.04 bits per heavy atom. The Labute approximate surface area is 270 Å². The summed E-state index contributed by atoms with van der Waals surface area (Å²) in [7, 11) is 0. The van der Waals surface area contributed by atoms with E-state index >= 15 is 0 Å². The number of hydrogen-bond acceptors (Lipinski definition) is 7. The molecule has 1 aliphatic carbocycles. The number of benzene rings is 2. The number of hydrogen-bond donors (Lipinski definition) is 2. The summed E-state index contributed by atoms with van der Waals surface area (Å²) >= 11 is 6.04. The van der Waals surface area contributed by atoms with Crippen molar-refractivity contribution in [3.8, 4) is 11.8 Å². The Bertz CT molecular complexity index is 1950. The van der Waals surface area contributed by atoms with Crippen LogP contribution in [0.5, 0.6) is 0 Å². The SMILES string of the molecule is O=C1CC(N2C(=O)c3ccc(N4CC(C#Cc5cnn(C6(C(=O)Nc7ccc(C(F)(F)F)cc7Cl)CCC6)c5)C4)cc3C2=O)C(=O)N1. The molecule has 1 atom stereocenters. The number of aromatic nitrogens is 2. The van der Waals surface area contributed by atoms with Crippen molar-refractivity contribution in [1.29, 1.82) is 0 Å². The molecule has 1 unspecified atom stereocenters. The highest BCUT2D eigenvalue weighted by molar-refractivity contribution is 6.33. The number of carbonyl (C=O) groups excluding carboxylic acids is 5. The molecule has 0 radical (unpaired) electrons. The highest BCUT2D eigenvalue weighted by Crippen LogP contribution is 2.41. The molecule has 4 heterocycles. The minimum absolute atomic E-state index is 0.00333. The van der Waals surface area contributed by atoms with Crippen LogP contribution in [0.25, 0.3) is 0 Å². The van der Waals surface area contributed by atoms with E-state index in [2.05, 4.69) is 27.6 Å². The van der Waals surface area contributed by atoms with Crippen molar-refractivity contribution in [2.75, 3.05) is 23.3 Å². The van der Waals surface area contributed by atoms with Gasteiger partial charge in [-0.2, -0.15) is 18.3 Å². The zero-order chi connectivity index (χ0) is 33.2. The number of amides is 5. The Kier molecular flexibility index (Phi) is 7.12. The van der Waals surface area contributed by atoms with Crippen LogP contribution in [0.2, 0.25) is 5.02 Å². The smallest absolute Gasteiger partial charge is 0.369 e. The van der Waals surface area contributed by atoms with Crippen molar-refractivity contribution < 1.29 is 37.1 Å². The number of nitrogens with one attached hydrogen (secondary N) is 2. The molecule has 2 N–H and O–H groups in total. The molecule has 1 aromatic heterocycles. The van der Waals surface area contributed by atoms with Gasteiger partial charge in [-0.1, -0.05) is 23.4 Å². The van der Waals surface area contributed by atoms with Crippen LogP contribution in [0.3, 0.4) is 0 Å². The molecule has 3 aromatic rings. The van der Waals surface area contributed by atoms with Gasteiger partial charge < -0.3 is 10.2 Å². The summed E-state index contributed by atoms with van der Waals surface area (Å²) in [6.07, 6.45) is 0.151. The van der Waals surface area contributed by atoms with E-state index in [1.54, 1.807) is 30.6 Å². The van der Waals surface area contributed by atoms with E-state index in [-0.39, 0.29) is 34.2 Å². The summed E-state index contributed by atoms with van der Waals surface area (Å²) in [5, 5.41) is 8.93. The summed E-state index contributed by atoms with van der Waals surface area (Å²) in [5.74, 6) is 3.41. The lowest BCUT2D eigenvalue weighted by Crippen LogP contribution is -2.51. The van der Waals surface area contributed by atoms with E-state index < -0.39 is 52.9 Å². The first kappa shape index (κ1) is 30.5. The van der Waals surface area contributed by atoms with Gasteiger partial charge in [-0.15, -0.1) is 0 Å². The average molecular weight is 665 g/mol. The molecule has 15 heteroatoms. The Morgan fingerprint density at radius 2 is 1.79 bits per heavy atom. The number of rotatable bonds is 5. The summed E-state index contributed by atoms with van der Waals surface area (Å²) in [5.41, 5.74) is -0.187. The van der Waals surface area contributed by atoms with Crippen molar-refractivity contribution in [2.24, 2.45) is 5.92 Å². The maximum Gasteiger partial charge on any atom is 0.416 e. The molecule has 3 fully saturated rings. The van der Waals surface area contributed by atoms with Gasteiger partial charge in [0.1, 0.15) is 11.6 Å². The topological polar surface area (TPSA) is 134 Å². The van der Waals surface area contributed by atoms with Gasteiger partial charge in [-0.05, 0) is 55.7 Å². The van der Waals surface area contributed by atoms with Crippen molar-refractivity contribution in [3.05, 3.63) is 76.1 Å². The fourth-order valence-electron chi connectivity index (χ4n) is 6.17. The summed E-state index contributed by atoms with van der Waals surface area (Å²) < 4.78 is 40.6. The van der Waals surface area contributed by atoms with Gasteiger partial charge in [0.15, 0.2) is 0 Å². The van der Waals surface area contributed by atoms with Gasteiger partial charge in [0, 0.05) is 25.0 Å². The van der Waals surface area contributed by atoms with Crippen molar-refractivity contribution in [2.45, 2.75) is 43.4 Å². The summed E-state index contributed by atoms with van der Waals surface area (Å²) in [4.78, 5) is 65.8. The second-order valence-corrected chi connectivity index (χ2v) is 12.3. The van der Waals surface area contributed by atoms with Crippen LogP contribution in [-0.2, 0) is 26.1 Å². The first-order valence-corrected chi connectivity index (χ1v) is 15.1. The van der Waals surface area contributed by atoms with E-state index in [9.17, 15) is 37.1 Å². The standard InChI is InChI=1S/C32H24ClF3N6O5/c33-23-10-19(32(34,35)36)4-7-24(23)38-30(47)31(8-1-9-31)41-16-17(13-37-41)2-3-18-14-40(15-18)20-5-6-21-22(11-20)29(46)42(28(21)45)25-12-26(43)39-27(25)44/h4-7,10-11,13,16,18,25H,1,8-9,12,14-15H2,(H,38,47)(H,39,43,44). The maximum absolute atomic E-state index is 13.3. The predicted octanol–water partition coefficient (Wildman–Crippen LogP) is 3.57.